The van der Waals surface area contributed by atoms with Gasteiger partial charge in [-0.2, -0.15) is 0 Å². The average molecular weight is 155 g/mol. The van der Waals surface area contributed by atoms with Crippen LogP contribution in [0.15, 0.2) is 12.8 Å². The molecule has 0 aromatic heterocycles. The summed E-state index contributed by atoms with van der Waals surface area (Å²) >= 11 is 0. The van der Waals surface area contributed by atoms with Crippen LogP contribution in [0.1, 0.15) is 33.6 Å². The molecule has 0 saturated heterocycles. The quantitative estimate of drug-likeness (QED) is 0.609. The van der Waals surface area contributed by atoms with Crippen LogP contribution in [0.25, 0.3) is 0 Å². The highest BCUT2D eigenvalue weighted by Crippen LogP contribution is 2.02. The third kappa shape index (κ3) is 3.21. The van der Waals surface area contributed by atoms with Crippen molar-refractivity contribution in [1.82, 2.24) is 4.90 Å². The monoisotopic (exact) mass is 155 g/mol. The van der Waals surface area contributed by atoms with Crippen molar-refractivity contribution in [1.29, 1.82) is 0 Å². The van der Waals surface area contributed by atoms with Crippen LogP contribution in [0, 0.1) is 0 Å². The molecule has 2 nitrogen and oxygen atoms in total. The molecule has 0 aromatic carbocycles. The summed E-state index contributed by atoms with van der Waals surface area (Å²) in [6, 6.07) is 0.228. The topological polar surface area (TPSA) is 20.3 Å². The van der Waals surface area contributed by atoms with Crippen LogP contribution in [0.4, 0.5) is 0 Å². The lowest BCUT2D eigenvalue weighted by Gasteiger charge is -2.21. The van der Waals surface area contributed by atoms with Gasteiger partial charge in [0.15, 0.2) is 0 Å². The number of carbonyl (C=O) groups is 1. The summed E-state index contributed by atoms with van der Waals surface area (Å²) in [5, 5.41) is 0. The standard InChI is InChI=1S/C9H17NO/c1-5-7-9(11)10(6-2)8(3)4/h6,8H,2,5,7H2,1,3-4H3. The van der Waals surface area contributed by atoms with Gasteiger partial charge in [0, 0.05) is 12.5 Å². The number of hydrogen-bond acceptors (Lipinski definition) is 1. The summed E-state index contributed by atoms with van der Waals surface area (Å²) in [4.78, 5) is 12.9. The molecule has 2 heteroatoms. The molecule has 0 rings (SSSR count). The van der Waals surface area contributed by atoms with Crippen LogP contribution in [0.5, 0.6) is 0 Å². The number of hydrogen-bond donors (Lipinski definition) is 0. The molecule has 0 aliphatic heterocycles. The van der Waals surface area contributed by atoms with Crippen molar-refractivity contribution in [3.63, 3.8) is 0 Å². The first-order valence-corrected chi connectivity index (χ1v) is 4.07. The molecule has 0 atom stereocenters. The van der Waals surface area contributed by atoms with Gasteiger partial charge in [-0.1, -0.05) is 13.5 Å². The molecule has 11 heavy (non-hydrogen) atoms. The Morgan fingerprint density at radius 3 is 2.45 bits per heavy atom. The molecule has 0 bridgehead atoms. The first-order valence-electron chi connectivity index (χ1n) is 4.07. The Morgan fingerprint density at radius 2 is 2.18 bits per heavy atom. The lowest BCUT2D eigenvalue weighted by molar-refractivity contribution is -0.129. The van der Waals surface area contributed by atoms with E-state index >= 15 is 0 Å². The maximum absolute atomic E-state index is 11.3. The number of amides is 1. The van der Waals surface area contributed by atoms with Crippen molar-refractivity contribution in [3.05, 3.63) is 12.8 Å². The van der Waals surface area contributed by atoms with Gasteiger partial charge in [0.1, 0.15) is 0 Å². The first-order chi connectivity index (χ1) is 5.13. The number of carbonyl (C=O) groups excluding carboxylic acids is 1. The minimum absolute atomic E-state index is 0.164. The van der Waals surface area contributed by atoms with E-state index in [-0.39, 0.29) is 11.9 Å². The second-order valence-electron chi connectivity index (χ2n) is 2.83. The SMILES string of the molecule is C=CN(C(=O)CCC)C(C)C. The van der Waals surface area contributed by atoms with Crippen molar-refractivity contribution < 1.29 is 4.79 Å². The predicted octanol–water partition coefficient (Wildman–Crippen LogP) is 2.17. The largest absolute Gasteiger partial charge is 0.317 e. The molecule has 0 heterocycles. The zero-order valence-corrected chi connectivity index (χ0v) is 7.63. The van der Waals surface area contributed by atoms with E-state index in [0.717, 1.165) is 6.42 Å². The molecule has 0 aliphatic carbocycles. The third-order valence-electron chi connectivity index (χ3n) is 1.50. The van der Waals surface area contributed by atoms with Gasteiger partial charge in [-0.15, -0.1) is 0 Å². The second kappa shape index (κ2) is 4.94. The molecular formula is C9H17NO. The van der Waals surface area contributed by atoms with Crippen LogP contribution in [0.3, 0.4) is 0 Å². The summed E-state index contributed by atoms with van der Waals surface area (Å²) in [5.74, 6) is 0.164. The molecule has 0 spiro atoms. The summed E-state index contributed by atoms with van der Waals surface area (Å²) in [5.41, 5.74) is 0. The highest BCUT2D eigenvalue weighted by molar-refractivity contribution is 5.77. The molecule has 1 amide bonds. The number of nitrogens with zero attached hydrogens (tertiary/aromatic N) is 1. The van der Waals surface area contributed by atoms with E-state index in [1.54, 1.807) is 11.1 Å². The van der Waals surface area contributed by atoms with E-state index in [1.165, 1.54) is 0 Å². The van der Waals surface area contributed by atoms with Crippen molar-refractivity contribution in [2.45, 2.75) is 39.7 Å². The zero-order valence-electron chi connectivity index (χ0n) is 7.63. The fourth-order valence-electron chi connectivity index (χ4n) is 0.944. The Morgan fingerprint density at radius 1 is 1.64 bits per heavy atom. The van der Waals surface area contributed by atoms with Gasteiger partial charge in [0.2, 0.25) is 5.91 Å². The highest BCUT2D eigenvalue weighted by atomic mass is 16.2. The predicted molar refractivity (Wildman–Crippen MR) is 47.1 cm³/mol. The molecule has 0 N–H and O–H groups in total. The zero-order chi connectivity index (χ0) is 8.85. The van der Waals surface area contributed by atoms with E-state index in [2.05, 4.69) is 6.58 Å². The van der Waals surface area contributed by atoms with E-state index in [4.69, 9.17) is 0 Å². The van der Waals surface area contributed by atoms with Crippen molar-refractivity contribution in [3.8, 4) is 0 Å². The highest BCUT2D eigenvalue weighted by Gasteiger charge is 2.11. The second-order valence-corrected chi connectivity index (χ2v) is 2.83. The smallest absolute Gasteiger partial charge is 0.226 e. The van der Waals surface area contributed by atoms with Gasteiger partial charge in [0.05, 0.1) is 0 Å². The minimum Gasteiger partial charge on any atom is -0.317 e. The Labute approximate surface area is 68.9 Å². The first kappa shape index (κ1) is 10.2. The van der Waals surface area contributed by atoms with Crippen LogP contribution in [-0.4, -0.2) is 16.8 Å². The summed E-state index contributed by atoms with van der Waals surface area (Å²) in [7, 11) is 0. The van der Waals surface area contributed by atoms with Crippen LogP contribution < -0.4 is 0 Å². The van der Waals surface area contributed by atoms with Crippen LogP contribution >= 0.6 is 0 Å². The Balaban J connectivity index is 4.03. The van der Waals surface area contributed by atoms with Crippen molar-refractivity contribution in [2.75, 3.05) is 0 Å². The molecule has 0 aromatic rings. The third-order valence-corrected chi connectivity index (χ3v) is 1.50. The summed E-state index contributed by atoms with van der Waals surface area (Å²) < 4.78 is 0. The van der Waals surface area contributed by atoms with Crippen molar-refractivity contribution in [2.24, 2.45) is 0 Å². The Bertz CT molecular complexity index is 140. The lowest BCUT2D eigenvalue weighted by Crippen LogP contribution is -2.31. The van der Waals surface area contributed by atoms with Crippen molar-refractivity contribution >= 4 is 5.91 Å². The maximum Gasteiger partial charge on any atom is 0.226 e. The Hall–Kier alpha value is -0.790. The van der Waals surface area contributed by atoms with Crippen LogP contribution in [-0.2, 0) is 4.79 Å². The van der Waals surface area contributed by atoms with Gasteiger partial charge in [-0.25, -0.2) is 0 Å². The van der Waals surface area contributed by atoms with E-state index in [1.807, 2.05) is 20.8 Å². The molecular weight excluding hydrogens is 138 g/mol. The maximum atomic E-state index is 11.3. The summed E-state index contributed by atoms with van der Waals surface area (Å²) in [6.45, 7) is 9.55. The van der Waals surface area contributed by atoms with Gasteiger partial charge < -0.3 is 4.90 Å². The molecule has 0 saturated carbocycles. The van der Waals surface area contributed by atoms with Gasteiger partial charge >= 0.3 is 0 Å². The van der Waals surface area contributed by atoms with Gasteiger partial charge in [-0.05, 0) is 26.5 Å². The average Bonchev–Trinajstić information content (AvgIpc) is 1.88. The minimum atomic E-state index is 0.164. The van der Waals surface area contributed by atoms with E-state index in [9.17, 15) is 4.79 Å². The van der Waals surface area contributed by atoms with Gasteiger partial charge in [0.25, 0.3) is 0 Å². The van der Waals surface area contributed by atoms with Crippen LogP contribution in [0.2, 0.25) is 0 Å². The molecule has 0 aliphatic rings. The van der Waals surface area contributed by atoms with E-state index < -0.39 is 0 Å². The normalized spacial score (nSPS) is 9.82. The fraction of sp³-hybridized carbons (Fsp3) is 0.667. The van der Waals surface area contributed by atoms with Gasteiger partial charge in [-0.3, -0.25) is 4.79 Å². The Kier molecular flexibility index (Phi) is 4.59. The number of rotatable bonds is 4. The molecule has 0 radical (unpaired) electrons. The molecule has 0 fully saturated rings. The lowest BCUT2D eigenvalue weighted by atomic mass is 10.2. The molecule has 0 unspecified atom stereocenters. The summed E-state index contributed by atoms with van der Waals surface area (Å²) in [6.07, 6.45) is 3.11. The molecule has 64 valence electrons. The fourth-order valence-corrected chi connectivity index (χ4v) is 0.944. The van der Waals surface area contributed by atoms with E-state index in [0.29, 0.717) is 6.42 Å².